The second kappa shape index (κ2) is 7.12. The van der Waals surface area contributed by atoms with Crippen LogP contribution in [0.4, 0.5) is 6.01 Å². The minimum absolute atomic E-state index is 0.298. The molecule has 9 heteroatoms. The van der Waals surface area contributed by atoms with Crippen LogP contribution in [-0.2, 0) is 13.6 Å². The molecule has 3 aromatic rings. The molecular weight excluding hydrogens is 326 g/mol. The first kappa shape index (κ1) is 16.6. The lowest BCUT2D eigenvalue weighted by molar-refractivity contribution is 0.324. The zero-order valence-electron chi connectivity index (χ0n) is 14.4. The van der Waals surface area contributed by atoms with Gasteiger partial charge in [0.1, 0.15) is 0 Å². The van der Waals surface area contributed by atoms with E-state index in [1.54, 1.807) is 27.5 Å². The monoisotopic (exact) mass is 345 g/mol. The number of aryl methyl sites for hydroxylation is 1. The Bertz CT molecular complexity index is 833. The molecule has 0 aliphatic rings. The summed E-state index contributed by atoms with van der Waals surface area (Å²) in [6, 6.07) is 4.00. The molecule has 0 fully saturated rings. The van der Waals surface area contributed by atoms with Crippen molar-refractivity contribution in [3.05, 3.63) is 30.1 Å². The molecule has 0 aliphatic carbocycles. The van der Waals surface area contributed by atoms with Crippen molar-refractivity contribution >= 4 is 6.01 Å². The number of imidazole rings is 1. The molecule has 2 heterocycles. The van der Waals surface area contributed by atoms with Gasteiger partial charge in [-0.3, -0.25) is 0 Å². The molecule has 0 aliphatic heterocycles. The lowest BCUT2D eigenvalue weighted by Gasteiger charge is -2.14. The summed E-state index contributed by atoms with van der Waals surface area (Å²) < 4.78 is 23.0. The van der Waals surface area contributed by atoms with Gasteiger partial charge in [-0.2, -0.15) is 4.98 Å². The number of benzene rings is 1. The maximum Gasteiger partial charge on any atom is 0.322 e. The molecule has 0 saturated carbocycles. The van der Waals surface area contributed by atoms with Crippen LogP contribution >= 0.6 is 0 Å². The fourth-order valence-electron chi connectivity index (χ4n) is 2.38. The van der Waals surface area contributed by atoms with Crippen LogP contribution in [0, 0.1) is 0 Å². The topological polar surface area (TPSA) is 96.5 Å². The van der Waals surface area contributed by atoms with Gasteiger partial charge in [0.15, 0.2) is 17.3 Å². The maximum atomic E-state index is 5.34. The minimum Gasteiger partial charge on any atom is -0.493 e. The molecule has 9 nitrogen and oxygen atoms in total. The molecule has 1 N–H and O–H groups in total. The number of rotatable bonds is 7. The molecule has 0 bridgehead atoms. The third-order valence-electron chi connectivity index (χ3n) is 3.62. The van der Waals surface area contributed by atoms with Gasteiger partial charge in [0.2, 0.25) is 11.6 Å². The van der Waals surface area contributed by atoms with Crippen molar-refractivity contribution < 1.29 is 18.7 Å². The summed E-state index contributed by atoms with van der Waals surface area (Å²) in [6.07, 6.45) is 3.49. The zero-order chi connectivity index (χ0) is 17.8. The van der Waals surface area contributed by atoms with Crippen molar-refractivity contribution in [1.29, 1.82) is 0 Å². The summed E-state index contributed by atoms with van der Waals surface area (Å²) in [7, 11) is 6.58. The number of anilines is 1. The molecular formula is C16H19N5O4. The Balaban J connectivity index is 1.76. The molecule has 0 amide bonds. The van der Waals surface area contributed by atoms with E-state index in [1.807, 2.05) is 29.9 Å². The van der Waals surface area contributed by atoms with Gasteiger partial charge in [0, 0.05) is 26.0 Å². The average Bonchev–Trinajstić information content (AvgIpc) is 3.27. The standard InChI is InChI=1S/C16H19N5O4/c1-21-6-5-17-15(21)14-19-16(25-20-14)18-9-10-7-11(22-2)13(24-4)12(8-10)23-3/h5-8H,9H2,1-4H3,(H,18,19,20). The second-order valence-electron chi connectivity index (χ2n) is 5.17. The van der Waals surface area contributed by atoms with E-state index in [1.165, 1.54) is 0 Å². The van der Waals surface area contributed by atoms with Crippen molar-refractivity contribution in [2.45, 2.75) is 6.54 Å². The Morgan fingerprint density at radius 1 is 1.12 bits per heavy atom. The minimum atomic E-state index is 0.298. The molecule has 2 aromatic heterocycles. The van der Waals surface area contributed by atoms with Gasteiger partial charge in [0.25, 0.3) is 0 Å². The molecule has 0 atom stereocenters. The molecule has 0 unspecified atom stereocenters. The zero-order valence-corrected chi connectivity index (χ0v) is 14.4. The summed E-state index contributed by atoms with van der Waals surface area (Å²) in [5.41, 5.74) is 0.909. The molecule has 132 valence electrons. The Hall–Kier alpha value is -3.23. The van der Waals surface area contributed by atoms with Gasteiger partial charge >= 0.3 is 6.01 Å². The van der Waals surface area contributed by atoms with Crippen LogP contribution in [0.15, 0.2) is 29.0 Å². The first-order valence-corrected chi connectivity index (χ1v) is 7.50. The quantitative estimate of drug-likeness (QED) is 0.695. The summed E-state index contributed by atoms with van der Waals surface area (Å²) in [6.45, 7) is 0.443. The number of nitrogens with zero attached hydrogens (tertiary/aromatic N) is 4. The van der Waals surface area contributed by atoms with Gasteiger partial charge in [0.05, 0.1) is 21.3 Å². The van der Waals surface area contributed by atoms with Gasteiger partial charge in [-0.1, -0.05) is 5.16 Å². The van der Waals surface area contributed by atoms with Crippen molar-refractivity contribution in [3.63, 3.8) is 0 Å². The molecule has 0 spiro atoms. The summed E-state index contributed by atoms with van der Waals surface area (Å²) in [5, 5.41) is 7.00. The number of hydrogen-bond donors (Lipinski definition) is 1. The molecule has 0 saturated heterocycles. The van der Waals surface area contributed by atoms with E-state index in [2.05, 4.69) is 20.4 Å². The Morgan fingerprint density at radius 3 is 2.40 bits per heavy atom. The first-order chi connectivity index (χ1) is 12.2. The maximum absolute atomic E-state index is 5.34. The van der Waals surface area contributed by atoms with Gasteiger partial charge < -0.3 is 28.6 Å². The third-order valence-corrected chi connectivity index (χ3v) is 3.62. The van der Waals surface area contributed by atoms with Crippen LogP contribution in [0.3, 0.4) is 0 Å². The smallest absolute Gasteiger partial charge is 0.322 e. The molecule has 3 rings (SSSR count). The number of hydrogen-bond acceptors (Lipinski definition) is 8. The SMILES string of the molecule is COc1cc(CNc2nc(-c3nccn3C)no2)cc(OC)c1OC. The first-order valence-electron chi connectivity index (χ1n) is 7.50. The predicted octanol–water partition coefficient (Wildman–Crippen LogP) is 2.11. The van der Waals surface area contributed by atoms with Crippen molar-refractivity contribution in [1.82, 2.24) is 19.7 Å². The largest absolute Gasteiger partial charge is 0.493 e. The lowest BCUT2D eigenvalue weighted by Crippen LogP contribution is -2.02. The Labute approximate surface area is 144 Å². The van der Waals surface area contributed by atoms with E-state index in [4.69, 9.17) is 18.7 Å². The molecule has 1 aromatic carbocycles. The Morgan fingerprint density at radius 2 is 1.84 bits per heavy atom. The lowest BCUT2D eigenvalue weighted by atomic mass is 10.2. The van der Waals surface area contributed by atoms with Gasteiger partial charge in [-0.15, -0.1) is 0 Å². The fraction of sp³-hybridized carbons (Fsp3) is 0.312. The molecule has 25 heavy (non-hydrogen) atoms. The highest BCUT2D eigenvalue weighted by Gasteiger charge is 2.15. The van der Waals surface area contributed by atoms with Crippen LogP contribution in [0.25, 0.3) is 11.6 Å². The van der Waals surface area contributed by atoms with Crippen LogP contribution < -0.4 is 19.5 Å². The highest BCUT2D eigenvalue weighted by molar-refractivity contribution is 5.54. The van der Waals surface area contributed by atoms with E-state index < -0.39 is 0 Å². The highest BCUT2D eigenvalue weighted by atomic mass is 16.5. The van der Waals surface area contributed by atoms with Crippen molar-refractivity contribution in [2.75, 3.05) is 26.6 Å². The highest BCUT2D eigenvalue weighted by Crippen LogP contribution is 2.38. The molecule has 0 radical (unpaired) electrons. The number of ether oxygens (including phenoxy) is 3. The number of methoxy groups -OCH3 is 3. The van der Waals surface area contributed by atoms with E-state index in [0.717, 1.165) is 5.56 Å². The number of aromatic nitrogens is 4. The van der Waals surface area contributed by atoms with Crippen LogP contribution in [0.5, 0.6) is 17.2 Å². The Kier molecular flexibility index (Phi) is 4.73. The van der Waals surface area contributed by atoms with E-state index >= 15 is 0 Å². The summed E-state index contributed by atoms with van der Waals surface area (Å²) in [4.78, 5) is 8.47. The van der Waals surface area contributed by atoms with Crippen molar-refractivity contribution in [2.24, 2.45) is 7.05 Å². The third kappa shape index (κ3) is 3.35. The van der Waals surface area contributed by atoms with Gasteiger partial charge in [-0.25, -0.2) is 4.98 Å². The van der Waals surface area contributed by atoms with Gasteiger partial charge in [-0.05, 0) is 17.7 Å². The fourth-order valence-corrected chi connectivity index (χ4v) is 2.38. The normalized spacial score (nSPS) is 10.6. The summed E-state index contributed by atoms with van der Waals surface area (Å²) in [5.74, 6) is 2.75. The van der Waals surface area contributed by atoms with E-state index in [9.17, 15) is 0 Å². The van der Waals surface area contributed by atoms with Crippen LogP contribution in [0.1, 0.15) is 5.56 Å². The van der Waals surface area contributed by atoms with Crippen LogP contribution in [-0.4, -0.2) is 41.0 Å². The van der Waals surface area contributed by atoms with Crippen LogP contribution in [0.2, 0.25) is 0 Å². The predicted molar refractivity (Wildman–Crippen MR) is 89.9 cm³/mol. The number of nitrogens with one attached hydrogen (secondary N) is 1. The van der Waals surface area contributed by atoms with Crippen molar-refractivity contribution in [3.8, 4) is 28.9 Å². The van der Waals surface area contributed by atoms with E-state index in [-0.39, 0.29) is 0 Å². The second-order valence-corrected chi connectivity index (χ2v) is 5.17. The van der Waals surface area contributed by atoms with E-state index in [0.29, 0.717) is 41.5 Å². The average molecular weight is 345 g/mol. The summed E-state index contributed by atoms with van der Waals surface area (Å²) >= 11 is 0.